The number of alkyl carbamates (subject to hydrolysis) is 1. The highest BCUT2D eigenvalue weighted by atomic mass is 16.6. The first-order valence-electron chi connectivity index (χ1n) is 8.04. The highest BCUT2D eigenvalue weighted by Gasteiger charge is 2.25. The number of amides is 1. The molecule has 0 aliphatic heterocycles. The molecule has 2 rings (SSSR count). The number of hydrogen-bond donors (Lipinski definition) is 2. The van der Waals surface area contributed by atoms with Crippen LogP contribution in [0.1, 0.15) is 52.0 Å². The predicted octanol–water partition coefficient (Wildman–Crippen LogP) is 3.01. The molecule has 122 valence electrons. The van der Waals surface area contributed by atoms with Gasteiger partial charge in [-0.05, 0) is 58.1 Å². The minimum Gasteiger partial charge on any atom is -0.444 e. The van der Waals surface area contributed by atoms with Crippen LogP contribution in [0, 0.1) is 0 Å². The molecule has 1 aromatic heterocycles. The molecule has 2 N–H and O–H groups in total. The van der Waals surface area contributed by atoms with Crippen LogP contribution >= 0.6 is 0 Å². The summed E-state index contributed by atoms with van der Waals surface area (Å²) in [7, 11) is 0. The molecule has 1 aromatic rings. The first kappa shape index (κ1) is 16.7. The normalized spacial score (nSPS) is 22.1. The fraction of sp³-hybridized carbons (Fsp3) is 0.647. The quantitative estimate of drug-likeness (QED) is 0.897. The lowest BCUT2D eigenvalue weighted by Gasteiger charge is -2.31. The third-order valence-corrected chi connectivity index (χ3v) is 3.71. The summed E-state index contributed by atoms with van der Waals surface area (Å²) in [5, 5.41) is 6.55. The maximum Gasteiger partial charge on any atom is 0.407 e. The summed E-state index contributed by atoms with van der Waals surface area (Å²) in [6, 6.07) is 4.63. The first-order chi connectivity index (χ1) is 10.4. The van der Waals surface area contributed by atoms with Crippen LogP contribution in [0.25, 0.3) is 0 Å². The zero-order chi connectivity index (χ0) is 16.0. The van der Waals surface area contributed by atoms with E-state index in [9.17, 15) is 4.79 Å². The third-order valence-electron chi connectivity index (χ3n) is 3.71. The molecule has 1 aliphatic rings. The molecular formula is C17H27N3O2. The molecule has 5 heteroatoms. The van der Waals surface area contributed by atoms with Gasteiger partial charge in [0.1, 0.15) is 5.60 Å². The minimum absolute atomic E-state index is 0.190. The molecule has 0 saturated heterocycles. The second-order valence-corrected chi connectivity index (χ2v) is 6.95. The Morgan fingerprint density at radius 2 is 2.14 bits per heavy atom. The summed E-state index contributed by atoms with van der Waals surface area (Å²) in [6.45, 7) is 6.46. The van der Waals surface area contributed by atoms with E-state index in [1.807, 2.05) is 33.0 Å². The summed E-state index contributed by atoms with van der Waals surface area (Å²) in [5.74, 6) is 0. The third kappa shape index (κ3) is 6.02. The number of hydrogen-bond acceptors (Lipinski definition) is 4. The molecule has 5 nitrogen and oxygen atoms in total. The standard InChI is InChI=1S/C17H27N3O2/c1-17(2,3)22-16(21)20-15-8-4-7-14(10-15)19-12-13-6-5-9-18-11-13/h5-6,9,11,14-15,19H,4,7-8,10,12H2,1-3H3,(H,20,21). The second kappa shape index (κ2) is 7.58. The van der Waals surface area contributed by atoms with E-state index in [4.69, 9.17) is 4.74 Å². The summed E-state index contributed by atoms with van der Waals surface area (Å²) in [6.07, 6.45) is 7.57. The summed E-state index contributed by atoms with van der Waals surface area (Å²) < 4.78 is 5.33. The number of rotatable bonds is 4. The Balaban J connectivity index is 1.75. The Labute approximate surface area is 132 Å². The average molecular weight is 305 g/mol. The van der Waals surface area contributed by atoms with Gasteiger partial charge in [0.15, 0.2) is 0 Å². The second-order valence-electron chi connectivity index (χ2n) is 6.95. The van der Waals surface area contributed by atoms with E-state index >= 15 is 0 Å². The molecule has 1 fully saturated rings. The number of aromatic nitrogens is 1. The van der Waals surface area contributed by atoms with Gasteiger partial charge >= 0.3 is 6.09 Å². The maximum atomic E-state index is 11.9. The number of carbonyl (C=O) groups excluding carboxylic acids is 1. The zero-order valence-electron chi connectivity index (χ0n) is 13.8. The van der Waals surface area contributed by atoms with Gasteiger partial charge in [0.25, 0.3) is 0 Å². The molecule has 0 spiro atoms. The van der Waals surface area contributed by atoms with Gasteiger partial charge < -0.3 is 15.4 Å². The van der Waals surface area contributed by atoms with Gasteiger partial charge in [0.2, 0.25) is 0 Å². The number of nitrogens with zero attached hydrogens (tertiary/aromatic N) is 1. The van der Waals surface area contributed by atoms with Crippen molar-refractivity contribution in [1.82, 2.24) is 15.6 Å². The van der Waals surface area contributed by atoms with Crippen molar-refractivity contribution in [2.75, 3.05) is 0 Å². The summed E-state index contributed by atoms with van der Waals surface area (Å²) >= 11 is 0. The number of pyridine rings is 1. The van der Waals surface area contributed by atoms with Crippen LogP contribution in [0.2, 0.25) is 0 Å². The Bertz CT molecular complexity index is 471. The van der Waals surface area contributed by atoms with Crippen LogP contribution < -0.4 is 10.6 Å². The van der Waals surface area contributed by atoms with E-state index in [0.717, 1.165) is 32.2 Å². The fourth-order valence-electron chi connectivity index (χ4n) is 2.75. The Hall–Kier alpha value is -1.62. The molecule has 22 heavy (non-hydrogen) atoms. The SMILES string of the molecule is CC(C)(C)OC(=O)NC1CCCC(NCc2cccnc2)C1. The lowest BCUT2D eigenvalue weighted by Crippen LogP contribution is -2.45. The monoisotopic (exact) mass is 305 g/mol. The molecule has 0 aromatic carbocycles. The van der Waals surface area contributed by atoms with Crippen LogP contribution in [0.4, 0.5) is 4.79 Å². The van der Waals surface area contributed by atoms with Crippen LogP contribution in [0.15, 0.2) is 24.5 Å². The molecule has 1 aliphatic carbocycles. The van der Waals surface area contributed by atoms with Gasteiger partial charge in [-0.15, -0.1) is 0 Å². The van der Waals surface area contributed by atoms with Crippen LogP contribution in [0.3, 0.4) is 0 Å². The highest BCUT2D eigenvalue weighted by Crippen LogP contribution is 2.19. The van der Waals surface area contributed by atoms with E-state index in [2.05, 4.69) is 21.7 Å². The van der Waals surface area contributed by atoms with Crippen molar-refractivity contribution in [3.63, 3.8) is 0 Å². The first-order valence-corrected chi connectivity index (χ1v) is 8.04. The van der Waals surface area contributed by atoms with Crippen LogP contribution in [-0.4, -0.2) is 28.8 Å². The van der Waals surface area contributed by atoms with Crippen molar-refractivity contribution in [2.24, 2.45) is 0 Å². The van der Waals surface area contributed by atoms with Gasteiger partial charge in [-0.2, -0.15) is 0 Å². The summed E-state index contributed by atoms with van der Waals surface area (Å²) in [5.41, 5.74) is 0.737. The maximum absolute atomic E-state index is 11.9. The molecular weight excluding hydrogens is 278 g/mol. The van der Waals surface area contributed by atoms with Crippen molar-refractivity contribution in [3.8, 4) is 0 Å². The Morgan fingerprint density at radius 3 is 2.82 bits per heavy atom. The number of ether oxygens (including phenoxy) is 1. The lowest BCUT2D eigenvalue weighted by atomic mass is 9.91. The van der Waals surface area contributed by atoms with Crippen molar-refractivity contribution in [2.45, 2.75) is 70.7 Å². The van der Waals surface area contributed by atoms with Gasteiger partial charge in [-0.1, -0.05) is 6.07 Å². The molecule has 1 saturated carbocycles. The van der Waals surface area contributed by atoms with E-state index in [-0.39, 0.29) is 12.1 Å². The van der Waals surface area contributed by atoms with Gasteiger partial charge in [-0.25, -0.2) is 4.79 Å². The molecule has 2 unspecified atom stereocenters. The van der Waals surface area contributed by atoms with Crippen LogP contribution in [-0.2, 0) is 11.3 Å². The Morgan fingerprint density at radius 1 is 1.36 bits per heavy atom. The van der Waals surface area contributed by atoms with Gasteiger partial charge in [0.05, 0.1) is 0 Å². The molecule has 0 bridgehead atoms. The van der Waals surface area contributed by atoms with Crippen molar-refractivity contribution >= 4 is 6.09 Å². The van der Waals surface area contributed by atoms with E-state index < -0.39 is 5.60 Å². The van der Waals surface area contributed by atoms with Gasteiger partial charge in [0, 0.05) is 31.0 Å². The lowest BCUT2D eigenvalue weighted by molar-refractivity contribution is 0.0488. The van der Waals surface area contributed by atoms with Crippen LogP contribution in [0.5, 0.6) is 0 Å². The molecule has 1 amide bonds. The number of nitrogens with one attached hydrogen (secondary N) is 2. The number of carbonyl (C=O) groups is 1. The smallest absolute Gasteiger partial charge is 0.407 e. The molecule has 1 heterocycles. The van der Waals surface area contributed by atoms with Gasteiger partial charge in [-0.3, -0.25) is 4.98 Å². The van der Waals surface area contributed by atoms with E-state index in [0.29, 0.717) is 6.04 Å². The average Bonchev–Trinajstić information content (AvgIpc) is 2.44. The van der Waals surface area contributed by atoms with E-state index in [1.165, 1.54) is 5.56 Å². The minimum atomic E-state index is -0.448. The molecule has 2 atom stereocenters. The topological polar surface area (TPSA) is 63.2 Å². The summed E-state index contributed by atoms with van der Waals surface area (Å²) in [4.78, 5) is 16.0. The fourth-order valence-corrected chi connectivity index (χ4v) is 2.75. The van der Waals surface area contributed by atoms with E-state index in [1.54, 1.807) is 6.20 Å². The Kier molecular flexibility index (Phi) is 5.77. The predicted molar refractivity (Wildman–Crippen MR) is 86.5 cm³/mol. The highest BCUT2D eigenvalue weighted by molar-refractivity contribution is 5.68. The van der Waals surface area contributed by atoms with Crippen molar-refractivity contribution in [1.29, 1.82) is 0 Å². The largest absolute Gasteiger partial charge is 0.444 e. The van der Waals surface area contributed by atoms with Crippen molar-refractivity contribution < 1.29 is 9.53 Å². The zero-order valence-corrected chi connectivity index (χ0v) is 13.8. The molecule has 0 radical (unpaired) electrons. The van der Waals surface area contributed by atoms with Crippen molar-refractivity contribution in [3.05, 3.63) is 30.1 Å².